The van der Waals surface area contributed by atoms with Gasteiger partial charge in [-0.25, -0.2) is 13.6 Å². The summed E-state index contributed by atoms with van der Waals surface area (Å²) >= 11 is 0. The summed E-state index contributed by atoms with van der Waals surface area (Å²) in [5.41, 5.74) is 0. The van der Waals surface area contributed by atoms with Crippen molar-refractivity contribution < 1.29 is 23.5 Å². The lowest BCUT2D eigenvalue weighted by Gasteiger charge is -2.28. The number of hydrogen-bond acceptors (Lipinski definition) is 2. The van der Waals surface area contributed by atoms with Crippen LogP contribution in [0.4, 0.5) is 8.78 Å². The molecule has 0 aromatic heterocycles. The first kappa shape index (κ1) is 14.9. The molecule has 1 aliphatic carbocycles. The predicted molar refractivity (Wildman–Crippen MR) is 61.3 cm³/mol. The molecule has 18 heavy (non-hydrogen) atoms. The number of carbonyl (C=O) groups is 2. The lowest BCUT2D eigenvalue weighted by atomic mass is 9.86. The highest BCUT2D eigenvalue weighted by Crippen LogP contribution is 2.36. The monoisotopic (exact) mass is 263 g/mol. The smallest absolute Gasteiger partial charge is 0.326 e. The molecule has 0 aromatic carbocycles. The quantitative estimate of drug-likeness (QED) is 0.815. The van der Waals surface area contributed by atoms with Crippen molar-refractivity contribution in [1.82, 2.24) is 5.32 Å². The van der Waals surface area contributed by atoms with Crippen LogP contribution in [0.15, 0.2) is 0 Å². The maximum Gasteiger partial charge on any atom is 0.326 e. The van der Waals surface area contributed by atoms with Crippen molar-refractivity contribution in [1.29, 1.82) is 0 Å². The minimum absolute atomic E-state index is 0.114. The normalized spacial score (nSPS) is 21.6. The first-order valence-corrected chi connectivity index (χ1v) is 6.14. The Kier molecular flexibility index (Phi) is 4.65. The fourth-order valence-electron chi connectivity index (χ4n) is 2.09. The van der Waals surface area contributed by atoms with Gasteiger partial charge < -0.3 is 10.4 Å². The third-order valence-electron chi connectivity index (χ3n) is 3.32. The van der Waals surface area contributed by atoms with Gasteiger partial charge in [0.2, 0.25) is 11.8 Å². The van der Waals surface area contributed by atoms with E-state index in [4.69, 9.17) is 5.11 Å². The number of carboxylic acid groups (broad SMARTS) is 1. The molecule has 0 unspecified atom stereocenters. The Bertz CT molecular complexity index is 321. The molecular formula is C12H19F2NO3. The number of halogens is 2. The van der Waals surface area contributed by atoms with E-state index in [2.05, 4.69) is 5.32 Å². The average molecular weight is 263 g/mol. The molecule has 1 rings (SSSR count). The van der Waals surface area contributed by atoms with Gasteiger partial charge in [-0.05, 0) is 18.8 Å². The summed E-state index contributed by atoms with van der Waals surface area (Å²) in [6.07, 6.45) is -0.373. The molecular weight excluding hydrogens is 244 g/mol. The van der Waals surface area contributed by atoms with E-state index in [1.807, 2.05) is 0 Å². The van der Waals surface area contributed by atoms with Gasteiger partial charge in [0.1, 0.15) is 6.04 Å². The largest absolute Gasteiger partial charge is 0.480 e. The Hall–Kier alpha value is -1.20. The van der Waals surface area contributed by atoms with Crippen LogP contribution in [0.1, 0.15) is 39.5 Å². The van der Waals surface area contributed by atoms with Crippen LogP contribution >= 0.6 is 0 Å². The van der Waals surface area contributed by atoms with Gasteiger partial charge in [-0.3, -0.25) is 4.79 Å². The van der Waals surface area contributed by atoms with Crippen molar-refractivity contribution in [3.05, 3.63) is 0 Å². The van der Waals surface area contributed by atoms with Crippen molar-refractivity contribution >= 4 is 11.9 Å². The maximum absolute atomic E-state index is 12.9. The summed E-state index contributed by atoms with van der Waals surface area (Å²) in [5.74, 6) is -4.94. The molecule has 1 atom stereocenters. The van der Waals surface area contributed by atoms with E-state index in [1.54, 1.807) is 13.8 Å². The van der Waals surface area contributed by atoms with Crippen LogP contribution in [0.25, 0.3) is 0 Å². The molecule has 1 fully saturated rings. The first-order valence-electron chi connectivity index (χ1n) is 6.14. The summed E-state index contributed by atoms with van der Waals surface area (Å²) in [5, 5.41) is 11.4. The molecule has 0 spiro atoms. The zero-order chi connectivity index (χ0) is 13.9. The third-order valence-corrected chi connectivity index (χ3v) is 3.32. The van der Waals surface area contributed by atoms with E-state index in [1.165, 1.54) is 0 Å². The number of carbonyl (C=O) groups excluding carboxylic acids is 1. The summed E-state index contributed by atoms with van der Waals surface area (Å²) < 4.78 is 25.9. The predicted octanol–water partition coefficient (Wildman–Crippen LogP) is 2.04. The Morgan fingerprint density at radius 3 is 2.17 bits per heavy atom. The van der Waals surface area contributed by atoms with E-state index in [0.29, 0.717) is 0 Å². The highest BCUT2D eigenvalue weighted by Gasteiger charge is 2.38. The average Bonchev–Trinajstić information content (AvgIpc) is 2.24. The Morgan fingerprint density at radius 2 is 1.78 bits per heavy atom. The molecule has 104 valence electrons. The highest BCUT2D eigenvalue weighted by molar-refractivity contribution is 5.85. The van der Waals surface area contributed by atoms with Gasteiger partial charge in [0.05, 0.1) is 0 Å². The minimum atomic E-state index is -2.68. The number of alkyl halides is 2. The van der Waals surface area contributed by atoms with E-state index in [-0.39, 0.29) is 31.6 Å². The fourth-order valence-corrected chi connectivity index (χ4v) is 2.09. The topological polar surface area (TPSA) is 66.4 Å². The van der Waals surface area contributed by atoms with E-state index in [0.717, 1.165) is 0 Å². The van der Waals surface area contributed by atoms with Crippen molar-refractivity contribution in [3.8, 4) is 0 Å². The van der Waals surface area contributed by atoms with Gasteiger partial charge >= 0.3 is 5.97 Å². The number of hydrogen-bond donors (Lipinski definition) is 2. The SMILES string of the molecule is CC(C)[C@H](NC(=O)C1CCC(F)(F)CC1)C(=O)O. The molecule has 1 aliphatic rings. The second-order valence-electron chi connectivity index (χ2n) is 5.20. The van der Waals surface area contributed by atoms with Gasteiger partial charge in [0.15, 0.2) is 0 Å². The van der Waals surface area contributed by atoms with Crippen molar-refractivity contribution in [3.63, 3.8) is 0 Å². The first-order chi connectivity index (χ1) is 8.23. The van der Waals surface area contributed by atoms with Crippen LogP contribution in [-0.2, 0) is 9.59 Å². The summed E-state index contributed by atoms with van der Waals surface area (Å²) in [7, 11) is 0. The second kappa shape index (κ2) is 5.63. The van der Waals surface area contributed by atoms with E-state index >= 15 is 0 Å². The van der Waals surface area contributed by atoms with Crippen LogP contribution in [0.3, 0.4) is 0 Å². The number of carboxylic acids is 1. The number of aliphatic carboxylic acids is 1. The van der Waals surface area contributed by atoms with Crippen LogP contribution < -0.4 is 5.32 Å². The molecule has 2 N–H and O–H groups in total. The minimum Gasteiger partial charge on any atom is -0.480 e. The van der Waals surface area contributed by atoms with Crippen molar-refractivity contribution in [2.45, 2.75) is 51.5 Å². The molecule has 0 saturated heterocycles. The third kappa shape index (κ3) is 3.92. The Labute approximate surface area is 105 Å². The fraction of sp³-hybridized carbons (Fsp3) is 0.833. The van der Waals surface area contributed by atoms with Gasteiger partial charge in [-0.2, -0.15) is 0 Å². The molecule has 0 aromatic rings. The zero-order valence-corrected chi connectivity index (χ0v) is 10.6. The van der Waals surface area contributed by atoms with Crippen LogP contribution in [0.5, 0.6) is 0 Å². The molecule has 0 heterocycles. The molecule has 0 aliphatic heterocycles. The molecule has 0 bridgehead atoms. The van der Waals surface area contributed by atoms with Crippen molar-refractivity contribution in [2.75, 3.05) is 0 Å². The van der Waals surface area contributed by atoms with Crippen LogP contribution in [0, 0.1) is 11.8 Å². The summed E-state index contributed by atoms with van der Waals surface area (Å²) in [4.78, 5) is 22.7. The van der Waals surface area contributed by atoms with Crippen LogP contribution in [-0.4, -0.2) is 28.9 Å². The summed E-state index contributed by atoms with van der Waals surface area (Å²) in [6.45, 7) is 3.38. The second-order valence-corrected chi connectivity index (χ2v) is 5.20. The Balaban J connectivity index is 2.53. The van der Waals surface area contributed by atoms with Gasteiger partial charge in [0.25, 0.3) is 0 Å². The van der Waals surface area contributed by atoms with E-state index < -0.39 is 29.8 Å². The molecule has 6 heteroatoms. The van der Waals surface area contributed by atoms with Gasteiger partial charge in [0, 0.05) is 18.8 Å². The molecule has 4 nitrogen and oxygen atoms in total. The standard InChI is InChI=1S/C12H19F2NO3/c1-7(2)9(11(17)18)15-10(16)8-3-5-12(13,14)6-4-8/h7-9H,3-6H2,1-2H3,(H,15,16)(H,17,18)/t9-/m0/s1. The van der Waals surface area contributed by atoms with Crippen molar-refractivity contribution in [2.24, 2.45) is 11.8 Å². The molecule has 1 saturated carbocycles. The van der Waals surface area contributed by atoms with E-state index in [9.17, 15) is 18.4 Å². The summed E-state index contributed by atoms with van der Waals surface area (Å²) in [6, 6.07) is -0.958. The van der Waals surface area contributed by atoms with Crippen LogP contribution in [0.2, 0.25) is 0 Å². The zero-order valence-electron chi connectivity index (χ0n) is 10.6. The molecule has 1 amide bonds. The van der Waals surface area contributed by atoms with Gasteiger partial charge in [-0.15, -0.1) is 0 Å². The Morgan fingerprint density at radius 1 is 1.28 bits per heavy atom. The number of nitrogens with one attached hydrogen (secondary N) is 1. The highest BCUT2D eigenvalue weighted by atomic mass is 19.3. The number of amides is 1. The lowest BCUT2D eigenvalue weighted by molar-refractivity contribution is -0.144. The number of rotatable bonds is 4. The van der Waals surface area contributed by atoms with Gasteiger partial charge in [-0.1, -0.05) is 13.8 Å². The molecule has 0 radical (unpaired) electrons. The maximum atomic E-state index is 12.9. The lowest BCUT2D eigenvalue weighted by Crippen LogP contribution is -2.47.